The summed E-state index contributed by atoms with van der Waals surface area (Å²) < 4.78 is 32.4. The Bertz CT molecular complexity index is 369. The van der Waals surface area contributed by atoms with E-state index >= 15 is 0 Å². The number of ether oxygens (including phenoxy) is 6. The maximum absolute atomic E-state index is 11.9. The number of hydrogen-bond acceptors (Lipinski definition) is 8. The Morgan fingerprint density at radius 1 is 0.700 bits per heavy atom. The second kappa shape index (κ2) is 22.9. The van der Waals surface area contributed by atoms with E-state index in [2.05, 4.69) is 11.8 Å². The largest absolute Gasteiger partial charge is 0.463 e. The van der Waals surface area contributed by atoms with Crippen molar-refractivity contribution in [1.82, 2.24) is 4.90 Å². The number of rotatable bonds is 23. The zero-order valence-electron chi connectivity index (χ0n) is 19.7. The normalized spacial score (nSPS) is 12.4. The lowest BCUT2D eigenvalue weighted by Gasteiger charge is -2.13. The minimum atomic E-state index is -0.108. The molecule has 0 fully saturated rings. The van der Waals surface area contributed by atoms with Crippen molar-refractivity contribution in [2.75, 3.05) is 93.3 Å². The van der Waals surface area contributed by atoms with Gasteiger partial charge in [0.15, 0.2) is 0 Å². The van der Waals surface area contributed by atoms with Crippen LogP contribution in [0.2, 0.25) is 0 Å². The lowest BCUT2D eigenvalue weighted by molar-refractivity contribution is -0.150. The van der Waals surface area contributed by atoms with Crippen LogP contribution in [0.1, 0.15) is 39.5 Å². The van der Waals surface area contributed by atoms with E-state index in [-0.39, 0.29) is 11.9 Å². The van der Waals surface area contributed by atoms with Crippen LogP contribution in [-0.4, -0.2) is 104 Å². The van der Waals surface area contributed by atoms with E-state index in [9.17, 15) is 4.79 Å². The Kier molecular flexibility index (Phi) is 22.3. The minimum Gasteiger partial charge on any atom is -0.463 e. The predicted molar refractivity (Wildman–Crippen MR) is 117 cm³/mol. The average Bonchev–Trinajstić information content (AvgIpc) is 2.73. The van der Waals surface area contributed by atoms with Crippen LogP contribution in [-0.2, 0) is 33.2 Å². The second-order valence-electron chi connectivity index (χ2n) is 7.28. The number of carbonyl (C=O) groups excluding carboxylic acids is 1. The highest BCUT2D eigenvalue weighted by Crippen LogP contribution is 2.14. The Hall–Kier alpha value is -0.770. The van der Waals surface area contributed by atoms with Crippen LogP contribution in [0.25, 0.3) is 0 Å². The van der Waals surface area contributed by atoms with E-state index in [1.165, 1.54) is 0 Å². The fourth-order valence-corrected chi connectivity index (χ4v) is 2.49. The molecular weight excluding hydrogens is 390 g/mol. The Labute approximate surface area is 183 Å². The number of nitrogens with zero attached hydrogens (tertiary/aromatic N) is 1. The van der Waals surface area contributed by atoms with Crippen LogP contribution in [0, 0.1) is 5.92 Å². The smallest absolute Gasteiger partial charge is 0.308 e. The molecular formula is C22H45NO7. The van der Waals surface area contributed by atoms with Gasteiger partial charge in [0, 0.05) is 6.54 Å². The summed E-state index contributed by atoms with van der Waals surface area (Å²) in [5.41, 5.74) is 0. The minimum absolute atomic E-state index is 0.0140. The van der Waals surface area contributed by atoms with Crippen LogP contribution in [0.3, 0.4) is 0 Å². The van der Waals surface area contributed by atoms with Gasteiger partial charge < -0.3 is 33.3 Å². The molecule has 0 aliphatic heterocycles. The molecule has 0 aromatic heterocycles. The van der Waals surface area contributed by atoms with Crippen LogP contribution in [0.4, 0.5) is 0 Å². The molecule has 30 heavy (non-hydrogen) atoms. The van der Waals surface area contributed by atoms with Crippen molar-refractivity contribution in [1.29, 1.82) is 0 Å². The summed E-state index contributed by atoms with van der Waals surface area (Å²) in [6.45, 7) is 10.8. The molecule has 0 heterocycles. The maximum atomic E-state index is 11.9. The molecule has 1 atom stereocenters. The van der Waals surface area contributed by atoms with Crippen LogP contribution < -0.4 is 0 Å². The van der Waals surface area contributed by atoms with Crippen molar-refractivity contribution in [3.05, 3.63) is 0 Å². The first kappa shape index (κ1) is 29.2. The molecule has 0 amide bonds. The van der Waals surface area contributed by atoms with E-state index in [1.807, 2.05) is 21.0 Å². The van der Waals surface area contributed by atoms with Crippen LogP contribution in [0.5, 0.6) is 0 Å². The number of hydrogen-bond donors (Lipinski definition) is 0. The van der Waals surface area contributed by atoms with Gasteiger partial charge in [-0.05, 0) is 26.9 Å². The molecule has 0 aromatic rings. The molecule has 0 saturated carbocycles. The van der Waals surface area contributed by atoms with Gasteiger partial charge in [-0.3, -0.25) is 4.79 Å². The first-order valence-corrected chi connectivity index (χ1v) is 11.3. The van der Waals surface area contributed by atoms with E-state index < -0.39 is 0 Å². The highest BCUT2D eigenvalue weighted by atomic mass is 16.6. The zero-order chi connectivity index (χ0) is 22.3. The Balaban J connectivity index is 3.23. The average molecular weight is 436 g/mol. The van der Waals surface area contributed by atoms with Gasteiger partial charge in [0.05, 0.1) is 72.0 Å². The maximum Gasteiger partial charge on any atom is 0.308 e. The lowest BCUT2D eigenvalue weighted by Crippen LogP contribution is -2.20. The molecule has 0 radical (unpaired) electrons. The summed E-state index contributed by atoms with van der Waals surface area (Å²) in [7, 11) is 4.04. The number of esters is 1. The van der Waals surface area contributed by atoms with Gasteiger partial charge >= 0.3 is 5.97 Å². The highest BCUT2D eigenvalue weighted by Gasteiger charge is 2.16. The summed E-state index contributed by atoms with van der Waals surface area (Å²) in [6.07, 6.45) is 3.89. The van der Waals surface area contributed by atoms with Crippen molar-refractivity contribution >= 4 is 5.97 Å². The SMILES string of the molecule is CCCCC(CC)C(=O)OCCOCCOCCOCCOCCOCCN(C)C. The highest BCUT2D eigenvalue weighted by molar-refractivity contribution is 5.72. The first-order chi connectivity index (χ1) is 14.6. The van der Waals surface area contributed by atoms with Gasteiger partial charge in [0.25, 0.3) is 0 Å². The quantitative estimate of drug-likeness (QED) is 0.179. The van der Waals surface area contributed by atoms with Crippen molar-refractivity contribution < 1.29 is 33.2 Å². The first-order valence-electron chi connectivity index (χ1n) is 11.3. The fraction of sp³-hybridized carbons (Fsp3) is 0.955. The number of likely N-dealkylation sites (N-methyl/N-ethyl adjacent to an activating group) is 1. The molecule has 0 N–H and O–H groups in total. The van der Waals surface area contributed by atoms with Gasteiger partial charge in [-0.25, -0.2) is 0 Å². The topological polar surface area (TPSA) is 75.7 Å². The van der Waals surface area contributed by atoms with Crippen LogP contribution >= 0.6 is 0 Å². The van der Waals surface area contributed by atoms with Crippen molar-refractivity contribution in [3.8, 4) is 0 Å². The van der Waals surface area contributed by atoms with Gasteiger partial charge in [0.1, 0.15) is 6.61 Å². The zero-order valence-corrected chi connectivity index (χ0v) is 19.7. The summed E-state index contributed by atoms with van der Waals surface area (Å²) in [4.78, 5) is 14.0. The molecule has 0 bridgehead atoms. The molecule has 0 aliphatic rings. The van der Waals surface area contributed by atoms with E-state index in [0.29, 0.717) is 66.1 Å². The third-order valence-electron chi connectivity index (χ3n) is 4.38. The number of unbranched alkanes of at least 4 members (excludes halogenated alkanes) is 1. The van der Waals surface area contributed by atoms with Crippen LogP contribution in [0.15, 0.2) is 0 Å². The van der Waals surface area contributed by atoms with E-state index in [1.54, 1.807) is 0 Å². The third kappa shape index (κ3) is 20.5. The standard InChI is InChI=1S/C22H45NO7/c1-5-7-8-21(6-2)22(24)30-20-19-29-18-17-28-16-15-27-14-13-26-12-11-25-10-9-23(3)4/h21H,5-20H2,1-4H3. The molecule has 0 saturated heterocycles. The molecule has 0 aliphatic carbocycles. The molecule has 0 aromatic carbocycles. The second-order valence-corrected chi connectivity index (χ2v) is 7.28. The fourth-order valence-electron chi connectivity index (χ4n) is 2.49. The van der Waals surface area contributed by atoms with Crippen molar-refractivity contribution in [2.24, 2.45) is 5.92 Å². The monoisotopic (exact) mass is 435 g/mol. The predicted octanol–water partition coefficient (Wildman–Crippen LogP) is 2.39. The van der Waals surface area contributed by atoms with E-state index in [0.717, 1.165) is 38.8 Å². The molecule has 8 heteroatoms. The molecule has 0 rings (SSSR count). The van der Waals surface area contributed by atoms with Gasteiger partial charge in [-0.1, -0.05) is 26.7 Å². The third-order valence-corrected chi connectivity index (χ3v) is 4.38. The molecule has 0 spiro atoms. The summed E-state index contributed by atoms with van der Waals surface area (Å²) >= 11 is 0. The summed E-state index contributed by atoms with van der Waals surface area (Å²) in [5.74, 6) is -0.0936. The summed E-state index contributed by atoms with van der Waals surface area (Å²) in [5, 5.41) is 0. The van der Waals surface area contributed by atoms with E-state index in [4.69, 9.17) is 28.4 Å². The van der Waals surface area contributed by atoms with Gasteiger partial charge in [-0.2, -0.15) is 0 Å². The van der Waals surface area contributed by atoms with Crippen molar-refractivity contribution in [3.63, 3.8) is 0 Å². The Morgan fingerprint density at radius 3 is 1.53 bits per heavy atom. The van der Waals surface area contributed by atoms with Gasteiger partial charge in [0.2, 0.25) is 0 Å². The molecule has 1 unspecified atom stereocenters. The Morgan fingerprint density at radius 2 is 1.13 bits per heavy atom. The molecule has 180 valence electrons. The number of carbonyl (C=O) groups is 1. The van der Waals surface area contributed by atoms with Crippen molar-refractivity contribution in [2.45, 2.75) is 39.5 Å². The van der Waals surface area contributed by atoms with Gasteiger partial charge in [-0.15, -0.1) is 0 Å². The lowest BCUT2D eigenvalue weighted by atomic mass is 10.00. The summed E-state index contributed by atoms with van der Waals surface area (Å²) in [6, 6.07) is 0. The molecule has 8 nitrogen and oxygen atoms in total.